The molecule has 0 spiro atoms. The number of ether oxygens (including phenoxy) is 1. The number of nitrogens with one attached hydrogen (secondary N) is 1. The number of benzene rings is 1. The molecule has 0 unspecified atom stereocenters. The topological polar surface area (TPSA) is 84.4 Å². The fourth-order valence-electron chi connectivity index (χ4n) is 2.87. The third-order valence-electron chi connectivity index (χ3n) is 4.42. The Morgan fingerprint density at radius 2 is 1.89 bits per heavy atom. The minimum atomic E-state index is -0.354. The van der Waals surface area contributed by atoms with Gasteiger partial charge in [-0.3, -0.25) is 4.79 Å². The number of carbonyl (C=O) groups is 2. The zero-order chi connectivity index (χ0) is 19.1. The van der Waals surface area contributed by atoms with Crippen molar-refractivity contribution in [2.75, 3.05) is 29.9 Å². The fraction of sp³-hybridized carbons (Fsp3) is 0.400. The van der Waals surface area contributed by atoms with E-state index in [-0.39, 0.29) is 11.9 Å². The summed E-state index contributed by atoms with van der Waals surface area (Å²) < 4.78 is 5.17. The molecule has 1 aromatic heterocycles. The largest absolute Gasteiger partial charge is 0.462 e. The third kappa shape index (κ3) is 5.03. The second-order valence-electron chi connectivity index (χ2n) is 6.48. The second-order valence-corrected chi connectivity index (χ2v) is 6.48. The van der Waals surface area contributed by atoms with Gasteiger partial charge in [0.2, 0.25) is 0 Å². The van der Waals surface area contributed by atoms with E-state index in [1.54, 1.807) is 30.3 Å². The van der Waals surface area contributed by atoms with Gasteiger partial charge in [0.25, 0.3) is 5.91 Å². The minimum absolute atomic E-state index is 0.309. The minimum Gasteiger partial charge on any atom is -0.462 e. The van der Waals surface area contributed by atoms with Gasteiger partial charge in [0.05, 0.1) is 12.2 Å². The molecule has 2 aromatic rings. The molecule has 0 bridgehead atoms. The van der Waals surface area contributed by atoms with Crippen molar-refractivity contribution >= 4 is 23.4 Å². The number of esters is 1. The summed E-state index contributed by atoms with van der Waals surface area (Å²) in [6.45, 7) is 4.36. The first kappa shape index (κ1) is 18.8. The summed E-state index contributed by atoms with van der Waals surface area (Å²) >= 11 is 0. The predicted octanol–water partition coefficient (Wildman–Crippen LogP) is 3.29. The van der Waals surface area contributed by atoms with Crippen molar-refractivity contribution < 1.29 is 14.3 Å². The van der Waals surface area contributed by atoms with Crippen LogP contribution < -0.4 is 10.2 Å². The average molecular weight is 368 g/mol. The van der Waals surface area contributed by atoms with Crippen LogP contribution in [0, 0.1) is 0 Å². The molecular weight excluding hydrogens is 344 g/mol. The van der Waals surface area contributed by atoms with Crippen LogP contribution in [0.1, 0.15) is 53.5 Å². The molecule has 0 aliphatic carbocycles. The highest BCUT2D eigenvalue weighted by atomic mass is 16.5. The van der Waals surface area contributed by atoms with E-state index < -0.39 is 0 Å². The molecule has 1 N–H and O–H groups in total. The Labute approximate surface area is 158 Å². The summed E-state index contributed by atoms with van der Waals surface area (Å²) in [5, 5.41) is 2.79. The number of rotatable bonds is 7. The van der Waals surface area contributed by atoms with Crippen molar-refractivity contribution in [2.45, 2.75) is 32.6 Å². The van der Waals surface area contributed by atoms with E-state index in [0.29, 0.717) is 23.6 Å². The van der Waals surface area contributed by atoms with Gasteiger partial charge in [-0.15, -0.1) is 0 Å². The molecule has 0 atom stereocenters. The molecule has 1 aliphatic heterocycles. The monoisotopic (exact) mass is 368 g/mol. The van der Waals surface area contributed by atoms with Crippen molar-refractivity contribution in [1.29, 1.82) is 0 Å². The van der Waals surface area contributed by atoms with Crippen LogP contribution in [0.3, 0.4) is 0 Å². The van der Waals surface area contributed by atoms with Crippen molar-refractivity contribution in [1.82, 2.24) is 9.97 Å². The van der Waals surface area contributed by atoms with E-state index in [2.05, 4.69) is 20.2 Å². The van der Waals surface area contributed by atoms with Crippen LogP contribution in [0.4, 0.5) is 11.5 Å². The highest BCUT2D eigenvalue weighted by Crippen LogP contribution is 2.18. The summed E-state index contributed by atoms with van der Waals surface area (Å²) in [5.74, 6) is 0.112. The van der Waals surface area contributed by atoms with Gasteiger partial charge in [-0.2, -0.15) is 0 Å². The van der Waals surface area contributed by atoms with E-state index in [1.807, 2.05) is 6.92 Å². The number of carbonyl (C=O) groups excluding carboxylic acids is 2. The summed E-state index contributed by atoms with van der Waals surface area (Å²) in [6, 6.07) is 8.34. The number of amides is 1. The first-order valence-corrected chi connectivity index (χ1v) is 9.33. The Bertz CT molecular complexity index is 786. The maximum atomic E-state index is 12.5. The van der Waals surface area contributed by atoms with E-state index in [4.69, 9.17) is 4.74 Å². The van der Waals surface area contributed by atoms with Crippen LogP contribution >= 0.6 is 0 Å². The molecule has 7 heteroatoms. The SMILES string of the molecule is CCCCOC(=O)c1ccc(NC(=O)c2cc(N3CCCC3)ncn2)cc1. The van der Waals surface area contributed by atoms with Gasteiger partial charge in [-0.25, -0.2) is 14.8 Å². The number of hydrogen-bond donors (Lipinski definition) is 1. The van der Waals surface area contributed by atoms with E-state index >= 15 is 0 Å². The lowest BCUT2D eigenvalue weighted by molar-refractivity contribution is 0.0499. The summed E-state index contributed by atoms with van der Waals surface area (Å²) in [6.07, 6.45) is 5.51. The number of nitrogens with zero attached hydrogens (tertiary/aromatic N) is 3. The zero-order valence-electron chi connectivity index (χ0n) is 15.5. The molecule has 7 nitrogen and oxygen atoms in total. The van der Waals surface area contributed by atoms with Crippen LogP contribution in [0.25, 0.3) is 0 Å². The predicted molar refractivity (Wildman–Crippen MR) is 103 cm³/mol. The number of unbranched alkanes of at least 4 members (excludes halogenated alkanes) is 1. The molecule has 3 rings (SSSR count). The van der Waals surface area contributed by atoms with E-state index in [9.17, 15) is 9.59 Å². The quantitative estimate of drug-likeness (QED) is 0.596. The molecule has 2 heterocycles. The van der Waals surface area contributed by atoms with Crippen LogP contribution in [-0.2, 0) is 4.74 Å². The number of aromatic nitrogens is 2. The third-order valence-corrected chi connectivity index (χ3v) is 4.42. The Balaban J connectivity index is 1.61. The lowest BCUT2D eigenvalue weighted by atomic mass is 10.2. The van der Waals surface area contributed by atoms with Crippen LogP contribution in [-0.4, -0.2) is 41.5 Å². The van der Waals surface area contributed by atoms with Gasteiger partial charge in [-0.1, -0.05) is 13.3 Å². The molecule has 1 aliphatic rings. The molecule has 1 aromatic carbocycles. The Kier molecular flexibility index (Phi) is 6.35. The highest BCUT2D eigenvalue weighted by molar-refractivity contribution is 6.03. The standard InChI is InChI=1S/C20H24N4O3/c1-2-3-12-27-20(26)15-6-8-16(9-7-15)23-19(25)17-13-18(22-14-21-17)24-10-4-5-11-24/h6-9,13-14H,2-5,10-12H2,1H3,(H,23,25). The van der Waals surface area contributed by atoms with Gasteiger partial charge in [0.1, 0.15) is 17.8 Å². The summed E-state index contributed by atoms with van der Waals surface area (Å²) in [4.78, 5) is 34.8. The van der Waals surface area contributed by atoms with Gasteiger partial charge < -0.3 is 15.0 Å². The first-order chi connectivity index (χ1) is 13.2. The van der Waals surface area contributed by atoms with Crippen molar-refractivity contribution in [2.24, 2.45) is 0 Å². The van der Waals surface area contributed by atoms with Gasteiger partial charge in [0.15, 0.2) is 0 Å². The molecule has 27 heavy (non-hydrogen) atoms. The lowest BCUT2D eigenvalue weighted by Gasteiger charge is -2.16. The summed E-state index contributed by atoms with van der Waals surface area (Å²) in [7, 11) is 0. The number of hydrogen-bond acceptors (Lipinski definition) is 6. The smallest absolute Gasteiger partial charge is 0.338 e. The first-order valence-electron chi connectivity index (χ1n) is 9.33. The van der Waals surface area contributed by atoms with Crippen LogP contribution in [0.2, 0.25) is 0 Å². The Morgan fingerprint density at radius 3 is 2.59 bits per heavy atom. The molecule has 142 valence electrons. The molecule has 1 fully saturated rings. The van der Waals surface area contributed by atoms with Gasteiger partial charge in [0, 0.05) is 24.8 Å². The molecular formula is C20H24N4O3. The van der Waals surface area contributed by atoms with Crippen molar-refractivity contribution in [3.05, 3.63) is 47.9 Å². The fourth-order valence-corrected chi connectivity index (χ4v) is 2.87. The van der Waals surface area contributed by atoms with Gasteiger partial charge in [-0.05, 0) is 43.5 Å². The Morgan fingerprint density at radius 1 is 1.15 bits per heavy atom. The summed E-state index contributed by atoms with van der Waals surface area (Å²) in [5.41, 5.74) is 1.36. The average Bonchev–Trinajstić information content (AvgIpc) is 3.24. The second kappa shape index (κ2) is 9.12. The molecule has 0 radical (unpaired) electrons. The number of anilines is 2. The van der Waals surface area contributed by atoms with Gasteiger partial charge >= 0.3 is 5.97 Å². The van der Waals surface area contributed by atoms with E-state index in [0.717, 1.165) is 44.6 Å². The zero-order valence-corrected chi connectivity index (χ0v) is 15.5. The van der Waals surface area contributed by atoms with Crippen molar-refractivity contribution in [3.63, 3.8) is 0 Å². The normalized spacial score (nSPS) is 13.4. The Hall–Kier alpha value is -2.96. The molecule has 1 amide bonds. The van der Waals surface area contributed by atoms with Crippen LogP contribution in [0.15, 0.2) is 36.7 Å². The molecule has 1 saturated heterocycles. The van der Waals surface area contributed by atoms with Crippen LogP contribution in [0.5, 0.6) is 0 Å². The maximum Gasteiger partial charge on any atom is 0.338 e. The van der Waals surface area contributed by atoms with Crippen molar-refractivity contribution in [3.8, 4) is 0 Å². The van der Waals surface area contributed by atoms with E-state index in [1.165, 1.54) is 6.33 Å². The lowest BCUT2D eigenvalue weighted by Crippen LogP contribution is -2.21. The molecule has 0 saturated carbocycles. The maximum absolute atomic E-state index is 12.5. The highest BCUT2D eigenvalue weighted by Gasteiger charge is 2.16.